The fourth-order valence-electron chi connectivity index (χ4n) is 2.98. The van der Waals surface area contributed by atoms with Crippen LogP contribution in [0.15, 0.2) is 0 Å². The molecule has 1 aliphatic carbocycles. The van der Waals surface area contributed by atoms with E-state index in [0.29, 0.717) is 0 Å². The molecule has 2 heteroatoms. The molecule has 0 bridgehead atoms. The van der Waals surface area contributed by atoms with E-state index < -0.39 is 0 Å². The molecule has 3 fully saturated rings. The highest BCUT2D eigenvalue weighted by Crippen LogP contribution is 2.51. The van der Waals surface area contributed by atoms with Crippen LogP contribution in [0, 0.1) is 23.7 Å². The van der Waals surface area contributed by atoms with Crippen LogP contribution in [0.3, 0.4) is 0 Å². The lowest BCUT2D eigenvalue weighted by molar-refractivity contribution is 0.0629. The third-order valence-corrected chi connectivity index (χ3v) is 3.58. The fraction of sp³-hybridized carbons (Fsp3) is 1.00. The van der Waals surface area contributed by atoms with E-state index in [1.807, 2.05) is 0 Å². The standard InChI is InChI=1S/C8H13NO/c1-5-6(2-9-1)8-4-10-3-7(5)8/h5-9H,1-4H2. The summed E-state index contributed by atoms with van der Waals surface area (Å²) in [5.41, 5.74) is 0. The van der Waals surface area contributed by atoms with E-state index in [1.54, 1.807) is 0 Å². The molecule has 4 atom stereocenters. The summed E-state index contributed by atoms with van der Waals surface area (Å²) < 4.78 is 5.44. The van der Waals surface area contributed by atoms with E-state index >= 15 is 0 Å². The minimum Gasteiger partial charge on any atom is -0.381 e. The second-order valence-electron chi connectivity index (χ2n) is 3.85. The van der Waals surface area contributed by atoms with E-state index in [2.05, 4.69) is 5.32 Å². The third-order valence-electron chi connectivity index (χ3n) is 3.58. The van der Waals surface area contributed by atoms with E-state index in [1.165, 1.54) is 13.1 Å². The number of nitrogens with one attached hydrogen (secondary N) is 1. The Morgan fingerprint density at radius 2 is 1.50 bits per heavy atom. The maximum Gasteiger partial charge on any atom is 0.0501 e. The summed E-state index contributed by atoms with van der Waals surface area (Å²) in [4.78, 5) is 0. The molecular weight excluding hydrogens is 126 g/mol. The first-order chi connectivity index (χ1) is 4.97. The predicted molar refractivity (Wildman–Crippen MR) is 37.6 cm³/mol. The minimum atomic E-state index is 0.931. The zero-order valence-electron chi connectivity index (χ0n) is 6.05. The smallest absolute Gasteiger partial charge is 0.0501 e. The molecule has 2 saturated heterocycles. The normalized spacial score (nSPS) is 57.6. The molecule has 4 unspecified atom stereocenters. The summed E-state index contributed by atoms with van der Waals surface area (Å²) in [5, 5.41) is 3.46. The minimum absolute atomic E-state index is 0.931. The summed E-state index contributed by atoms with van der Waals surface area (Å²) in [5.74, 6) is 3.82. The Morgan fingerprint density at radius 1 is 0.900 bits per heavy atom. The van der Waals surface area contributed by atoms with Gasteiger partial charge in [0.25, 0.3) is 0 Å². The average Bonchev–Trinajstić information content (AvgIpc) is 2.42. The molecule has 2 nitrogen and oxygen atoms in total. The molecule has 1 saturated carbocycles. The van der Waals surface area contributed by atoms with Gasteiger partial charge in [0.15, 0.2) is 0 Å². The predicted octanol–water partition coefficient (Wildman–Crippen LogP) is 0.0982. The van der Waals surface area contributed by atoms with Crippen molar-refractivity contribution in [3.63, 3.8) is 0 Å². The van der Waals surface area contributed by atoms with Crippen molar-refractivity contribution in [3.8, 4) is 0 Å². The van der Waals surface area contributed by atoms with Crippen molar-refractivity contribution in [2.24, 2.45) is 23.7 Å². The van der Waals surface area contributed by atoms with Crippen LogP contribution in [0.25, 0.3) is 0 Å². The van der Waals surface area contributed by atoms with Crippen LogP contribution in [0.1, 0.15) is 0 Å². The molecule has 1 N–H and O–H groups in total. The molecule has 3 rings (SSSR count). The van der Waals surface area contributed by atoms with Crippen molar-refractivity contribution in [1.82, 2.24) is 5.32 Å². The molecule has 10 heavy (non-hydrogen) atoms. The Morgan fingerprint density at radius 3 is 2.10 bits per heavy atom. The van der Waals surface area contributed by atoms with Crippen molar-refractivity contribution >= 4 is 0 Å². The summed E-state index contributed by atoms with van der Waals surface area (Å²) >= 11 is 0. The van der Waals surface area contributed by atoms with E-state index in [0.717, 1.165) is 36.9 Å². The number of ether oxygens (including phenoxy) is 1. The number of hydrogen-bond acceptors (Lipinski definition) is 2. The summed E-state index contributed by atoms with van der Waals surface area (Å²) in [6, 6.07) is 0. The van der Waals surface area contributed by atoms with Crippen LogP contribution in [-0.2, 0) is 4.74 Å². The largest absolute Gasteiger partial charge is 0.381 e. The maximum atomic E-state index is 5.44. The van der Waals surface area contributed by atoms with Crippen LogP contribution >= 0.6 is 0 Å². The molecule has 0 amide bonds. The van der Waals surface area contributed by atoms with Gasteiger partial charge in [0, 0.05) is 0 Å². The summed E-state index contributed by atoms with van der Waals surface area (Å²) in [6.07, 6.45) is 0. The Kier molecular flexibility index (Phi) is 0.968. The van der Waals surface area contributed by atoms with Crippen molar-refractivity contribution in [2.45, 2.75) is 0 Å². The van der Waals surface area contributed by atoms with Crippen molar-refractivity contribution < 1.29 is 4.74 Å². The molecular formula is C8H13NO. The molecule has 3 aliphatic rings. The highest BCUT2D eigenvalue weighted by molar-refractivity contribution is 5.04. The monoisotopic (exact) mass is 139 g/mol. The van der Waals surface area contributed by atoms with Crippen LogP contribution < -0.4 is 5.32 Å². The van der Waals surface area contributed by atoms with Crippen LogP contribution in [0.5, 0.6) is 0 Å². The lowest BCUT2D eigenvalue weighted by Crippen LogP contribution is -2.44. The molecule has 0 spiro atoms. The third kappa shape index (κ3) is 0.487. The zero-order valence-corrected chi connectivity index (χ0v) is 6.05. The van der Waals surface area contributed by atoms with Crippen molar-refractivity contribution in [2.75, 3.05) is 26.3 Å². The Labute approximate surface area is 60.9 Å². The topological polar surface area (TPSA) is 21.3 Å². The molecule has 0 radical (unpaired) electrons. The first-order valence-electron chi connectivity index (χ1n) is 4.25. The quantitative estimate of drug-likeness (QED) is 0.514. The second-order valence-corrected chi connectivity index (χ2v) is 3.85. The van der Waals surface area contributed by atoms with Gasteiger partial charge >= 0.3 is 0 Å². The van der Waals surface area contributed by atoms with Crippen molar-refractivity contribution in [1.29, 1.82) is 0 Å². The average molecular weight is 139 g/mol. The van der Waals surface area contributed by atoms with E-state index in [4.69, 9.17) is 4.74 Å². The Hall–Kier alpha value is -0.0800. The molecule has 2 heterocycles. The van der Waals surface area contributed by atoms with Crippen LogP contribution in [0.2, 0.25) is 0 Å². The lowest BCUT2D eigenvalue weighted by Gasteiger charge is -2.42. The van der Waals surface area contributed by atoms with Crippen molar-refractivity contribution in [3.05, 3.63) is 0 Å². The van der Waals surface area contributed by atoms with Crippen LogP contribution in [-0.4, -0.2) is 26.3 Å². The van der Waals surface area contributed by atoms with Crippen LogP contribution in [0.4, 0.5) is 0 Å². The van der Waals surface area contributed by atoms with Gasteiger partial charge in [-0.1, -0.05) is 0 Å². The molecule has 0 aromatic heterocycles. The Balaban J connectivity index is 1.84. The van der Waals surface area contributed by atoms with Gasteiger partial charge in [-0.3, -0.25) is 0 Å². The molecule has 0 aromatic rings. The highest BCUT2D eigenvalue weighted by atomic mass is 16.5. The second kappa shape index (κ2) is 1.74. The molecule has 56 valence electrons. The first-order valence-corrected chi connectivity index (χ1v) is 4.25. The SMILES string of the molecule is C1NCC2C1C1COCC21. The van der Waals surface area contributed by atoms with Gasteiger partial charge < -0.3 is 10.1 Å². The van der Waals surface area contributed by atoms with Gasteiger partial charge in [-0.2, -0.15) is 0 Å². The van der Waals surface area contributed by atoms with Gasteiger partial charge in [0.1, 0.15) is 0 Å². The summed E-state index contributed by atoms with van der Waals surface area (Å²) in [6.45, 7) is 4.62. The van der Waals surface area contributed by atoms with E-state index in [-0.39, 0.29) is 0 Å². The highest BCUT2D eigenvalue weighted by Gasteiger charge is 2.54. The van der Waals surface area contributed by atoms with Gasteiger partial charge in [-0.05, 0) is 36.8 Å². The number of rotatable bonds is 0. The molecule has 2 aliphatic heterocycles. The van der Waals surface area contributed by atoms with E-state index in [9.17, 15) is 0 Å². The lowest BCUT2D eigenvalue weighted by atomic mass is 9.60. The number of fused-ring (bicyclic) bond motifs is 4. The van der Waals surface area contributed by atoms with Gasteiger partial charge in [-0.25, -0.2) is 0 Å². The fourth-order valence-corrected chi connectivity index (χ4v) is 2.98. The number of hydrogen-bond donors (Lipinski definition) is 1. The first kappa shape index (κ1) is 5.56. The maximum absolute atomic E-state index is 5.44. The molecule has 0 aromatic carbocycles. The summed E-state index contributed by atoms with van der Waals surface area (Å²) in [7, 11) is 0. The van der Waals surface area contributed by atoms with Gasteiger partial charge in [-0.15, -0.1) is 0 Å². The Bertz CT molecular complexity index is 117. The van der Waals surface area contributed by atoms with Gasteiger partial charge in [0.05, 0.1) is 13.2 Å². The zero-order chi connectivity index (χ0) is 6.55. The van der Waals surface area contributed by atoms with Gasteiger partial charge in [0.2, 0.25) is 0 Å².